The quantitative estimate of drug-likeness (QED) is 0.859. The van der Waals surface area contributed by atoms with E-state index in [0.29, 0.717) is 23.5 Å². The maximum Gasteiger partial charge on any atom is 0.253 e. The number of hydrogen-bond acceptors (Lipinski definition) is 5. The summed E-state index contributed by atoms with van der Waals surface area (Å²) in [4.78, 5) is 14.1. The van der Waals surface area contributed by atoms with Crippen LogP contribution in [0.25, 0.3) is 11.4 Å². The van der Waals surface area contributed by atoms with E-state index in [-0.39, 0.29) is 12.5 Å². The number of rotatable bonds is 5. The van der Waals surface area contributed by atoms with Gasteiger partial charge in [-0.15, -0.1) is 10.2 Å². The molecule has 0 saturated carbocycles. The lowest BCUT2D eigenvalue weighted by molar-refractivity contribution is 0.0315. The van der Waals surface area contributed by atoms with Crippen molar-refractivity contribution in [2.24, 2.45) is 0 Å². The maximum absolute atomic E-state index is 12.5. The van der Waals surface area contributed by atoms with Gasteiger partial charge >= 0.3 is 0 Å². The molecule has 0 fully saturated rings. The van der Waals surface area contributed by atoms with E-state index in [4.69, 9.17) is 0 Å². The molecule has 2 rings (SSSR count). The van der Waals surface area contributed by atoms with Crippen molar-refractivity contribution in [2.45, 2.75) is 26.4 Å². The number of aromatic nitrogens is 4. The zero-order valence-electron chi connectivity index (χ0n) is 12.4. The Morgan fingerprint density at radius 1 is 1.43 bits per heavy atom. The Balaban J connectivity index is 2.24. The summed E-state index contributed by atoms with van der Waals surface area (Å²) in [5.74, 6) is 0.306. The fourth-order valence-corrected chi connectivity index (χ4v) is 2.05. The highest BCUT2D eigenvalue weighted by Crippen LogP contribution is 2.17. The lowest BCUT2D eigenvalue weighted by atomic mass is 10.1. The number of aliphatic hydroxyl groups is 1. The Kier molecular flexibility index (Phi) is 4.32. The highest BCUT2D eigenvalue weighted by Gasteiger charge is 2.22. The second kappa shape index (κ2) is 6.01. The van der Waals surface area contributed by atoms with Crippen LogP contribution in [0.3, 0.4) is 0 Å². The van der Waals surface area contributed by atoms with Crippen LogP contribution in [-0.4, -0.2) is 55.2 Å². The van der Waals surface area contributed by atoms with E-state index in [1.165, 1.54) is 0 Å². The van der Waals surface area contributed by atoms with Crippen molar-refractivity contribution in [2.75, 3.05) is 13.1 Å². The minimum absolute atomic E-state index is 0.134. The number of benzene rings is 1. The second-order valence-electron chi connectivity index (χ2n) is 5.45. The SMILES string of the molecule is CCN(CC(C)(C)O)C(=O)c1cccc(-c2nn[nH]n2)c1. The third kappa shape index (κ3) is 3.85. The zero-order chi connectivity index (χ0) is 15.5. The summed E-state index contributed by atoms with van der Waals surface area (Å²) in [5, 5.41) is 23.6. The number of tetrazole rings is 1. The molecule has 1 heterocycles. The molecule has 7 heteroatoms. The molecule has 0 spiro atoms. The van der Waals surface area contributed by atoms with Crippen molar-refractivity contribution >= 4 is 5.91 Å². The van der Waals surface area contributed by atoms with Gasteiger partial charge < -0.3 is 10.0 Å². The lowest BCUT2D eigenvalue weighted by Gasteiger charge is -2.28. The predicted octanol–water partition coefficient (Wildman–Crippen LogP) is 1.10. The number of hydrogen-bond donors (Lipinski definition) is 2. The van der Waals surface area contributed by atoms with E-state index in [1.807, 2.05) is 13.0 Å². The van der Waals surface area contributed by atoms with Crippen molar-refractivity contribution in [1.29, 1.82) is 0 Å². The number of likely N-dealkylation sites (N-methyl/N-ethyl adjacent to an activating group) is 1. The number of carbonyl (C=O) groups excluding carboxylic acids is 1. The van der Waals surface area contributed by atoms with Crippen molar-refractivity contribution in [3.63, 3.8) is 0 Å². The minimum Gasteiger partial charge on any atom is -0.389 e. The predicted molar refractivity (Wildman–Crippen MR) is 77.5 cm³/mol. The van der Waals surface area contributed by atoms with Gasteiger partial charge in [0.05, 0.1) is 5.60 Å². The molecule has 0 aliphatic heterocycles. The second-order valence-corrected chi connectivity index (χ2v) is 5.45. The third-order valence-electron chi connectivity index (χ3n) is 2.96. The number of carbonyl (C=O) groups is 1. The molecule has 0 aliphatic rings. The van der Waals surface area contributed by atoms with Crippen LogP contribution in [0.1, 0.15) is 31.1 Å². The molecule has 1 aromatic carbocycles. The highest BCUT2D eigenvalue weighted by molar-refractivity contribution is 5.95. The zero-order valence-corrected chi connectivity index (χ0v) is 12.4. The average molecular weight is 289 g/mol. The van der Waals surface area contributed by atoms with E-state index in [0.717, 1.165) is 0 Å². The van der Waals surface area contributed by atoms with Gasteiger partial charge in [-0.25, -0.2) is 0 Å². The number of nitrogens with zero attached hydrogens (tertiary/aromatic N) is 4. The summed E-state index contributed by atoms with van der Waals surface area (Å²) >= 11 is 0. The van der Waals surface area contributed by atoms with E-state index < -0.39 is 5.60 Å². The van der Waals surface area contributed by atoms with Gasteiger partial charge in [-0.1, -0.05) is 12.1 Å². The van der Waals surface area contributed by atoms with Crippen LogP contribution in [0.15, 0.2) is 24.3 Å². The van der Waals surface area contributed by atoms with Crippen LogP contribution in [0.4, 0.5) is 0 Å². The molecular weight excluding hydrogens is 270 g/mol. The molecule has 0 radical (unpaired) electrons. The average Bonchev–Trinajstić information content (AvgIpc) is 2.97. The van der Waals surface area contributed by atoms with E-state index in [9.17, 15) is 9.90 Å². The van der Waals surface area contributed by atoms with Crippen LogP contribution in [-0.2, 0) is 0 Å². The fourth-order valence-electron chi connectivity index (χ4n) is 2.05. The molecule has 7 nitrogen and oxygen atoms in total. The van der Waals surface area contributed by atoms with Crippen LogP contribution in [0.5, 0.6) is 0 Å². The van der Waals surface area contributed by atoms with Crippen LogP contribution in [0.2, 0.25) is 0 Å². The standard InChI is InChI=1S/C14H19N5O2/c1-4-19(9-14(2,3)21)13(20)11-7-5-6-10(8-11)12-15-17-18-16-12/h5-8,21H,4,9H2,1-3H3,(H,15,16,17,18). The Morgan fingerprint density at radius 2 is 2.19 bits per heavy atom. The molecule has 0 saturated heterocycles. The fraction of sp³-hybridized carbons (Fsp3) is 0.429. The number of H-pyrrole nitrogens is 1. The van der Waals surface area contributed by atoms with Crippen molar-refractivity contribution < 1.29 is 9.90 Å². The molecule has 112 valence electrons. The van der Waals surface area contributed by atoms with Gasteiger partial charge in [-0.05, 0) is 38.1 Å². The Bertz CT molecular complexity index is 604. The lowest BCUT2D eigenvalue weighted by Crippen LogP contribution is -2.42. The molecule has 1 aromatic heterocycles. The summed E-state index contributed by atoms with van der Waals surface area (Å²) in [6.07, 6.45) is 0. The molecule has 1 amide bonds. The third-order valence-corrected chi connectivity index (χ3v) is 2.96. The molecular formula is C14H19N5O2. The van der Waals surface area contributed by atoms with Crippen molar-refractivity contribution in [3.05, 3.63) is 29.8 Å². The Labute approximate surface area is 123 Å². The topological polar surface area (TPSA) is 95.0 Å². The van der Waals surface area contributed by atoms with Gasteiger partial charge in [0.1, 0.15) is 0 Å². The Hall–Kier alpha value is -2.28. The Morgan fingerprint density at radius 3 is 2.76 bits per heavy atom. The van der Waals surface area contributed by atoms with Gasteiger partial charge in [0.25, 0.3) is 5.91 Å². The van der Waals surface area contributed by atoms with Gasteiger partial charge in [-0.3, -0.25) is 4.79 Å². The maximum atomic E-state index is 12.5. The summed E-state index contributed by atoms with van der Waals surface area (Å²) in [6.45, 7) is 6.04. The first kappa shape index (κ1) is 15.1. The van der Waals surface area contributed by atoms with Crippen molar-refractivity contribution in [1.82, 2.24) is 25.5 Å². The smallest absolute Gasteiger partial charge is 0.253 e. The molecule has 0 atom stereocenters. The molecule has 2 N–H and O–H groups in total. The number of nitrogens with one attached hydrogen (secondary N) is 1. The van der Waals surface area contributed by atoms with Gasteiger partial charge in [-0.2, -0.15) is 5.21 Å². The van der Waals surface area contributed by atoms with E-state index in [2.05, 4.69) is 20.6 Å². The molecule has 0 unspecified atom stereocenters. The first-order valence-corrected chi connectivity index (χ1v) is 6.76. The number of amides is 1. The minimum atomic E-state index is -0.934. The molecule has 0 bridgehead atoms. The van der Waals surface area contributed by atoms with Crippen LogP contribution in [0, 0.1) is 0 Å². The molecule has 0 aliphatic carbocycles. The summed E-state index contributed by atoms with van der Waals surface area (Å²) < 4.78 is 0. The first-order chi connectivity index (χ1) is 9.90. The van der Waals surface area contributed by atoms with E-state index >= 15 is 0 Å². The molecule has 21 heavy (non-hydrogen) atoms. The van der Waals surface area contributed by atoms with Crippen LogP contribution >= 0.6 is 0 Å². The monoisotopic (exact) mass is 289 g/mol. The van der Waals surface area contributed by atoms with Gasteiger partial charge in [0, 0.05) is 24.2 Å². The summed E-state index contributed by atoms with van der Waals surface area (Å²) in [7, 11) is 0. The largest absolute Gasteiger partial charge is 0.389 e. The normalized spacial score (nSPS) is 11.4. The number of aromatic amines is 1. The van der Waals surface area contributed by atoms with E-state index in [1.54, 1.807) is 36.9 Å². The van der Waals surface area contributed by atoms with Gasteiger partial charge in [0.15, 0.2) is 0 Å². The highest BCUT2D eigenvalue weighted by atomic mass is 16.3. The van der Waals surface area contributed by atoms with Gasteiger partial charge in [0.2, 0.25) is 5.82 Å². The summed E-state index contributed by atoms with van der Waals surface area (Å²) in [6, 6.07) is 7.05. The van der Waals surface area contributed by atoms with Crippen molar-refractivity contribution in [3.8, 4) is 11.4 Å². The first-order valence-electron chi connectivity index (χ1n) is 6.76. The summed E-state index contributed by atoms with van der Waals surface area (Å²) in [5.41, 5.74) is 0.314. The molecule has 2 aromatic rings. The van der Waals surface area contributed by atoms with Crippen LogP contribution < -0.4 is 0 Å².